The number of hydrogen-bond donors (Lipinski definition) is 1. The van der Waals surface area contributed by atoms with E-state index in [-0.39, 0.29) is 11.6 Å². The van der Waals surface area contributed by atoms with Crippen LogP contribution in [0.15, 0.2) is 42.6 Å². The second-order valence-electron chi connectivity index (χ2n) is 4.61. The zero-order chi connectivity index (χ0) is 15.7. The summed E-state index contributed by atoms with van der Waals surface area (Å²) in [5.41, 5.74) is 7.71. The van der Waals surface area contributed by atoms with Crippen LogP contribution < -0.4 is 10.5 Å². The number of benzene rings is 2. The molecule has 0 aliphatic rings. The SMILES string of the molecule is COc1ccc(-c2cccc([N+](=O)[O-])c2)c2cnc(N)nc12. The molecule has 110 valence electrons. The number of nitrogens with zero attached hydrogens (tertiary/aromatic N) is 3. The monoisotopic (exact) mass is 296 g/mol. The molecule has 7 nitrogen and oxygen atoms in total. The molecule has 0 fully saturated rings. The van der Waals surface area contributed by atoms with Crippen LogP contribution >= 0.6 is 0 Å². The minimum atomic E-state index is -0.427. The van der Waals surface area contributed by atoms with Crippen LogP contribution in [-0.2, 0) is 0 Å². The summed E-state index contributed by atoms with van der Waals surface area (Å²) in [5.74, 6) is 0.709. The summed E-state index contributed by atoms with van der Waals surface area (Å²) in [7, 11) is 1.54. The van der Waals surface area contributed by atoms with E-state index in [1.807, 2.05) is 6.07 Å². The molecule has 0 amide bonds. The van der Waals surface area contributed by atoms with Crippen LogP contribution in [0.2, 0.25) is 0 Å². The third-order valence-electron chi connectivity index (χ3n) is 3.32. The van der Waals surface area contributed by atoms with Crippen molar-refractivity contribution in [3.63, 3.8) is 0 Å². The van der Waals surface area contributed by atoms with Crippen molar-refractivity contribution in [1.29, 1.82) is 0 Å². The zero-order valence-electron chi connectivity index (χ0n) is 11.7. The van der Waals surface area contributed by atoms with Crippen LogP contribution in [0.5, 0.6) is 5.75 Å². The molecule has 3 aromatic rings. The molecule has 0 saturated heterocycles. The van der Waals surface area contributed by atoms with Gasteiger partial charge in [0.15, 0.2) is 0 Å². The minimum absolute atomic E-state index is 0.0258. The number of nitro groups is 1. The van der Waals surface area contributed by atoms with E-state index in [1.54, 1.807) is 31.5 Å². The number of ether oxygens (including phenoxy) is 1. The molecule has 0 radical (unpaired) electrons. The molecule has 0 unspecified atom stereocenters. The standard InChI is InChI=1S/C15H12N4O3/c1-22-13-6-5-11(12-8-17-15(16)18-14(12)13)9-3-2-4-10(7-9)19(20)21/h2-8H,1H3,(H2,16,17,18). The van der Waals surface area contributed by atoms with Crippen LogP contribution in [0.25, 0.3) is 22.0 Å². The fourth-order valence-electron chi connectivity index (χ4n) is 2.31. The fourth-order valence-corrected chi connectivity index (χ4v) is 2.31. The molecule has 1 heterocycles. The van der Waals surface area contributed by atoms with Crippen molar-refractivity contribution in [2.75, 3.05) is 12.8 Å². The number of non-ortho nitro benzene ring substituents is 1. The Kier molecular flexibility index (Phi) is 3.30. The van der Waals surface area contributed by atoms with Gasteiger partial charge in [-0.15, -0.1) is 0 Å². The molecule has 1 aromatic heterocycles. The minimum Gasteiger partial charge on any atom is -0.494 e. The van der Waals surface area contributed by atoms with E-state index in [1.165, 1.54) is 12.1 Å². The Hall–Kier alpha value is -3.22. The zero-order valence-corrected chi connectivity index (χ0v) is 11.7. The summed E-state index contributed by atoms with van der Waals surface area (Å²) in [6, 6.07) is 9.97. The molecule has 0 bridgehead atoms. The number of anilines is 1. The summed E-state index contributed by atoms with van der Waals surface area (Å²) in [4.78, 5) is 18.7. The molecular formula is C15H12N4O3. The fraction of sp³-hybridized carbons (Fsp3) is 0.0667. The van der Waals surface area contributed by atoms with Crippen LogP contribution in [0.3, 0.4) is 0 Å². The van der Waals surface area contributed by atoms with Crippen molar-refractivity contribution in [3.05, 3.63) is 52.7 Å². The van der Waals surface area contributed by atoms with Gasteiger partial charge in [-0.05, 0) is 23.3 Å². The first-order valence-corrected chi connectivity index (χ1v) is 6.44. The van der Waals surface area contributed by atoms with Gasteiger partial charge in [-0.1, -0.05) is 12.1 Å². The Balaban J connectivity index is 2.28. The van der Waals surface area contributed by atoms with Gasteiger partial charge in [0.25, 0.3) is 5.69 Å². The highest BCUT2D eigenvalue weighted by molar-refractivity contribution is 5.98. The maximum Gasteiger partial charge on any atom is 0.270 e. The number of nitrogen functional groups attached to an aromatic ring is 1. The van der Waals surface area contributed by atoms with E-state index >= 15 is 0 Å². The van der Waals surface area contributed by atoms with Gasteiger partial charge in [0.2, 0.25) is 5.95 Å². The van der Waals surface area contributed by atoms with Gasteiger partial charge in [-0.3, -0.25) is 10.1 Å². The average Bonchev–Trinajstić information content (AvgIpc) is 2.53. The number of aromatic nitrogens is 2. The average molecular weight is 296 g/mol. The van der Waals surface area contributed by atoms with E-state index in [2.05, 4.69) is 9.97 Å². The van der Waals surface area contributed by atoms with Crippen molar-refractivity contribution in [2.24, 2.45) is 0 Å². The summed E-state index contributed by atoms with van der Waals surface area (Å²) in [5, 5.41) is 11.7. The second-order valence-corrected chi connectivity index (χ2v) is 4.61. The van der Waals surface area contributed by atoms with Crippen molar-refractivity contribution < 1.29 is 9.66 Å². The molecule has 22 heavy (non-hydrogen) atoms. The molecule has 0 aliphatic carbocycles. The molecule has 2 N–H and O–H groups in total. The van der Waals surface area contributed by atoms with Gasteiger partial charge >= 0.3 is 0 Å². The Morgan fingerprint density at radius 3 is 2.82 bits per heavy atom. The molecule has 3 rings (SSSR count). The molecule has 0 saturated carbocycles. The predicted molar refractivity (Wildman–Crippen MR) is 82.6 cm³/mol. The highest BCUT2D eigenvalue weighted by atomic mass is 16.6. The first kappa shape index (κ1) is 13.7. The van der Waals surface area contributed by atoms with Crippen molar-refractivity contribution >= 4 is 22.5 Å². The number of hydrogen-bond acceptors (Lipinski definition) is 6. The van der Waals surface area contributed by atoms with Crippen LogP contribution in [0, 0.1) is 10.1 Å². The van der Waals surface area contributed by atoms with Crippen molar-refractivity contribution in [1.82, 2.24) is 9.97 Å². The molecule has 0 aliphatic heterocycles. The number of nitro benzene ring substituents is 1. The summed E-state index contributed by atoms with van der Waals surface area (Å²) < 4.78 is 5.28. The topological polar surface area (TPSA) is 104 Å². The smallest absolute Gasteiger partial charge is 0.270 e. The molecule has 0 atom stereocenters. The molecule has 0 spiro atoms. The van der Waals surface area contributed by atoms with Gasteiger partial charge in [0, 0.05) is 23.7 Å². The van der Waals surface area contributed by atoms with Crippen molar-refractivity contribution in [2.45, 2.75) is 0 Å². The third kappa shape index (κ3) is 2.28. The molecule has 2 aromatic carbocycles. The van der Waals surface area contributed by atoms with Crippen LogP contribution in [-0.4, -0.2) is 22.0 Å². The summed E-state index contributed by atoms with van der Waals surface area (Å²) in [6.07, 6.45) is 1.59. The summed E-state index contributed by atoms with van der Waals surface area (Å²) in [6.45, 7) is 0. The number of rotatable bonds is 3. The van der Waals surface area contributed by atoms with Gasteiger partial charge in [0.1, 0.15) is 11.3 Å². The number of nitrogens with two attached hydrogens (primary N) is 1. The number of fused-ring (bicyclic) bond motifs is 1. The highest BCUT2D eigenvalue weighted by Gasteiger charge is 2.13. The van der Waals surface area contributed by atoms with E-state index in [0.717, 1.165) is 5.56 Å². The van der Waals surface area contributed by atoms with Crippen LogP contribution in [0.4, 0.5) is 11.6 Å². The Labute approximate surface area is 125 Å². The Bertz CT molecular complexity index is 880. The Morgan fingerprint density at radius 2 is 2.09 bits per heavy atom. The second kappa shape index (κ2) is 5.28. The lowest BCUT2D eigenvalue weighted by atomic mass is 10.0. The van der Waals surface area contributed by atoms with Gasteiger partial charge < -0.3 is 10.5 Å². The third-order valence-corrected chi connectivity index (χ3v) is 3.32. The lowest BCUT2D eigenvalue weighted by molar-refractivity contribution is -0.384. The van der Waals surface area contributed by atoms with Gasteiger partial charge in [0.05, 0.1) is 12.0 Å². The lowest BCUT2D eigenvalue weighted by Crippen LogP contribution is -1.97. The first-order valence-electron chi connectivity index (χ1n) is 6.44. The normalized spacial score (nSPS) is 10.6. The van der Waals surface area contributed by atoms with Crippen LogP contribution in [0.1, 0.15) is 0 Å². The maximum absolute atomic E-state index is 10.9. The quantitative estimate of drug-likeness (QED) is 0.588. The highest BCUT2D eigenvalue weighted by Crippen LogP contribution is 2.34. The Morgan fingerprint density at radius 1 is 1.27 bits per heavy atom. The lowest BCUT2D eigenvalue weighted by Gasteiger charge is -2.10. The van der Waals surface area contributed by atoms with E-state index in [4.69, 9.17) is 10.5 Å². The van der Waals surface area contributed by atoms with Gasteiger partial charge in [-0.25, -0.2) is 9.97 Å². The predicted octanol–water partition coefficient (Wildman–Crippen LogP) is 2.80. The van der Waals surface area contributed by atoms with Crippen molar-refractivity contribution in [3.8, 4) is 16.9 Å². The van der Waals surface area contributed by atoms with E-state index < -0.39 is 4.92 Å². The largest absolute Gasteiger partial charge is 0.494 e. The summed E-state index contributed by atoms with van der Waals surface area (Å²) >= 11 is 0. The van der Waals surface area contributed by atoms with Gasteiger partial charge in [-0.2, -0.15) is 0 Å². The molecular weight excluding hydrogens is 284 g/mol. The molecule has 7 heteroatoms. The van der Waals surface area contributed by atoms with E-state index in [9.17, 15) is 10.1 Å². The maximum atomic E-state index is 10.9. The van der Waals surface area contributed by atoms with E-state index in [0.29, 0.717) is 22.2 Å². The first-order chi connectivity index (χ1) is 10.6. The number of methoxy groups -OCH3 is 1.